The Morgan fingerprint density at radius 2 is 2.24 bits per heavy atom. The van der Waals surface area contributed by atoms with Crippen LogP contribution in [0.3, 0.4) is 0 Å². The minimum Gasteiger partial charge on any atom is -0.370 e. The van der Waals surface area contributed by atoms with Crippen LogP contribution in [-0.4, -0.2) is 39.8 Å². The van der Waals surface area contributed by atoms with E-state index in [0.29, 0.717) is 5.89 Å². The lowest BCUT2D eigenvalue weighted by Crippen LogP contribution is -2.51. The fraction of sp³-hybridized carbons (Fsp3) is 0.833. The van der Waals surface area contributed by atoms with Crippen LogP contribution in [0.25, 0.3) is 0 Å². The number of hydrogen-bond donors (Lipinski definition) is 0. The molecule has 0 saturated carbocycles. The van der Waals surface area contributed by atoms with Crippen molar-refractivity contribution in [2.45, 2.75) is 52.4 Å². The first-order valence-corrected chi connectivity index (χ1v) is 6.20. The van der Waals surface area contributed by atoms with E-state index in [1.54, 1.807) is 0 Å². The van der Waals surface area contributed by atoms with E-state index in [0.717, 1.165) is 31.9 Å². The van der Waals surface area contributed by atoms with Crippen molar-refractivity contribution in [3.8, 4) is 0 Å². The summed E-state index contributed by atoms with van der Waals surface area (Å²) in [6.07, 6.45) is 1.04. The molecular formula is C12H21N3O2. The van der Waals surface area contributed by atoms with E-state index in [1.807, 2.05) is 6.92 Å². The smallest absolute Gasteiger partial charge is 0.226 e. The van der Waals surface area contributed by atoms with Crippen molar-refractivity contribution in [3.05, 3.63) is 11.7 Å². The zero-order valence-electron chi connectivity index (χ0n) is 11.1. The fourth-order valence-electron chi connectivity index (χ4n) is 2.40. The number of nitrogens with zero attached hydrogens (tertiary/aromatic N) is 3. The predicted molar refractivity (Wildman–Crippen MR) is 63.6 cm³/mol. The average molecular weight is 239 g/mol. The Morgan fingerprint density at radius 1 is 1.47 bits per heavy atom. The van der Waals surface area contributed by atoms with Crippen molar-refractivity contribution in [3.63, 3.8) is 0 Å². The Morgan fingerprint density at radius 3 is 2.82 bits per heavy atom. The minimum absolute atomic E-state index is 0.102. The summed E-state index contributed by atoms with van der Waals surface area (Å²) in [7, 11) is 0. The average Bonchev–Trinajstić information content (AvgIpc) is 2.62. The molecule has 1 aromatic heterocycles. The van der Waals surface area contributed by atoms with Gasteiger partial charge < -0.3 is 9.26 Å². The maximum Gasteiger partial charge on any atom is 0.226 e. The molecule has 2 rings (SSSR count). The highest BCUT2D eigenvalue weighted by molar-refractivity contribution is 4.89. The van der Waals surface area contributed by atoms with Gasteiger partial charge >= 0.3 is 0 Å². The molecule has 1 aliphatic heterocycles. The Labute approximate surface area is 102 Å². The molecule has 5 nitrogen and oxygen atoms in total. The summed E-state index contributed by atoms with van der Waals surface area (Å²) >= 11 is 0. The number of rotatable bonds is 3. The lowest BCUT2D eigenvalue weighted by molar-refractivity contribution is -0.131. The van der Waals surface area contributed by atoms with Crippen molar-refractivity contribution in [2.75, 3.05) is 13.1 Å². The molecule has 5 heteroatoms. The Kier molecular flexibility index (Phi) is 3.49. The molecule has 0 amide bonds. The SMILES string of the molecule is CCc1nc(CN2CC(C)OC(C)(C)C2)no1. The maximum atomic E-state index is 5.86. The topological polar surface area (TPSA) is 51.4 Å². The summed E-state index contributed by atoms with van der Waals surface area (Å²) in [4.78, 5) is 6.65. The van der Waals surface area contributed by atoms with Gasteiger partial charge in [-0.1, -0.05) is 12.1 Å². The van der Waals surface area contributed by atoms with Crippen LogP contribution in [0.1, 0.15) is 39.4 Å². The van der Waals surface area contributed by atoms with Gasteiger partial charge in [0.05, 0.1) is 18.2 Å². The molecule has 1 saturated heterocycles. The third kappa shape index (κ3) is 3.26. The van der Waals surface area contributed by atoms with Gasteiger partial charge in [0, 0.05) is 19.5 Å². The van der Waals surface area contributed by atoms with Gasteiger partial charge in [-0.25, -0.2) is 0 Å². The van der Waals surface area contributed by atoms with Gasteiger partial charge in [-0.3, -0.25) is 4.90 Å². The fourth-order valence-corrected chi connectivity index (χ4v) is 2.40. The van der Waals surface area contributed by atoms with E-state index in [2.05, 4.69) is 35.8 Å². The van der Waals surface area contributed by atoms with Gasteiger partial charge in [-0.05, 0) is 20.8 Å². The summed E-state index contributed by atoms with van der Waals surface area (Å²) in [6, 6.07) is 0. The van der Waals surface area contributed by atoms with Crippen molar-refractivity contribution >= 4 is 0 Å². The third-order valence-electron chi connectivity index (χ3n) is 2.82. The number of morpholine rings is 1. The molecule has 0 radical (unpaired) electrons. The summed E-state index contributed by atoms with van der Waals surface area (Å²) in [5.74, 6) is 1.48. The third-order valence-corrected chi connectivity index (χ3v) is 2.82. The number of aromatic nitrogens is 2. The Balaban J connectivity index is 1.98. The van der Waals surface area contributed by atoms with E-state index >= 15 is 0 Å². The number of ether oxygens (including phenoxy) is 1. The zero-order valence-corrected chi connectivity index (χ0v) is 11.1. The van der Waals surface area contributed by atoms with Crippen LogP contribution in [0.5, 0.6) is 0 Å². The summed E-state index contributed by atoms with van der Waals surface area (Å²) in [5.41, 5.74) is -0.102. The first-order valence-electron chi connectivity index (χ1n) is 6.20. The van der Waals surface area contributed by atoms with Crippen molar-refractivity contribution in [1.29, 1.82) is 0 Å². The molecule has 0 N–H and O–H groups in total. The Hall–Kier alpha value is -0.940. The van der Waals surface area contributed by atoms with Gasteiger partial charge in [0.15, 0.2) is 5.82 Å². The standard InChI is InChI=1S/C12H21N3O2/c1-5-11-13-10(14-17-11)7-15-6-9(2)16-12(3,4)8-15/h9H,5-8H2,1-4H3. The molecule has 0 aliphatic carbocycles. The number of hydrogen-bond acceptors (Lipinski definition) is 5. The molecule has 1 atom stereocenters. The molecule has 0 bridgehead atoms. The highest BCUT2D eigenvalue weighted by atomic mass is 16.5. The van der Waals surface area contributed by atoms with Gasteiger partial charge in [0.2, 0.25) is 5.89 Å². The lowest BCUT2D eigenvalue weighted by Gasteiger charge is -2.41. The van der Waals surface area contributed by atoms with Crippen molar-refractivity contribution < 1.29 is 9.26 Å². The molecule has 17 heavy (non-hydrogen) atoms. The van der Waals surface area contributed by atoms with E-state index in [1.165, 1.54) is 0 Å². The first kappa shape index (κ1) is 12.5. The van der Waals surface area contributed by atoms with E-state index in [-0.39, 0.29) is 11.7 Å². The summed E-state index contributed by atoms with van der Waals surface area (Å²) in [6.45, 7) is 10.9. The van der Waals surface area contributed by atoms with Gasteiger partial charge in [-0.2, -0.15) is 4.98 Å². The van der Waals surface area contributed by atoms with Crippen molar-refractivity contribution in [2.24, 2.45) is 0 Å². The Bertz CT molecular complexity index is 376. The number of aryl methyl sites for hydroxylation is 1. The van der Waals surface area contributed by atoms with Crippen LogP contribution >= 0.6 is 0 Å². The molecule has 1 aliphatic rings. The molecular weight excluding hydrogens is 218 g/mol. The van der Waals surface area contributed by atoms with E-state index < -0.39 is 0 Å². The molecule has 96 valence electrons. The second-order valence-electron chi connectivity index (χ2n) is 5.32. The second-order valence-corrected chi connectivity index (χ2v) is 5.32. The second kappa shape index (κ2) is 4.74. The first-order chi connectivity index (χ1) is 7.98. The van der Waals surface area contributed by atoms with Crippen LogP contribution in [0.15, 0.2) is 4.52 Å². The maximum absolute atomic E-state index is 5.86. The minimum atomic E-state index is -0.102. The zero-order chi connectivity index (χ0) is 12.5. The molecule has 0 aromatic carbocycles. The van der Waals surface area contributed by atoms with Crippen LogP contribution in [0, 0.1) is 0 Å². The van der Waals surface area contributed by atoms with Gasteiger partial charge in [0.1, 0.15) is 0 Å². The van der Waals surface area contributed by atoms with E-state index in [4.69, 9.17) is 9.26 Å². The highest BCUT2D eigenvalue weighted by Gasteiger charge is 2.31. The summed E-state index contributed by atoms with van der Waals surface area (Å²) in [5, 5.41) is 3.99. The molecule has 2 heterocycles. The van der Waals surface area contributed by atoms with Crippen LogP contribution < -0.4 is 0 Å². The van der Waals surface area contributed by atoms with Crippen LogP contribution in [0.4, 0.5) is 0 Å². The molecule has 1 unspecified atom stereocenters. The normalized spacial score (nSPS) is 25.1. The highest BCUT2D eigenvalue weighted by Crippen LogP contribution is 2.21. The van der Waals surface area contributed by atoms with Gasteiger partial charge in [0.25, 0.3) is 0 Å². The van der Waals surface area contributed by atoms with Crippen LogP contribution in [-0.2, 0) is 17.7 Å². The lowest BCUT2D eigenvalue weighted by atomic mass is 10.1. The predicted octanol–water partition coefficient (Wildman–Crippen LogP) is 1.63. The quantitative estimate of drug-likeness (QED) is 0.802. The van der Waals surface area contributed by atoms with Crippen LogP contribution in [0.2, 0.25) is 0 Å². The molecule has 1 aromatic rings. The summed E-state index contributed by atoms with van der Waals surface area (Å²) < 4.78 is 11.0. The van der Waals surface area contributed by atoms with E-state index in [9.17, 15) is 0 Å². The van der Waals surface area contributed by atoms with Crippen molar-refractivity contribution in [1.82, 2.24) is 15.0 Å². The largest absolute Gasteiger partial charge is 0.370 e. The molecule has 0 spiro atoms. The van der Waals surface area contributed by atoms with Gasteiger partial charge in [-0.15, -0.1) is 0 Å². The molecule has 1 fully saturated rings. The monoisotopic (exact) mass is 239 g/mol.